The zero-order chi connectivity index (χ0) is 23.4. The molecule has 2 heterocycles. The van der Waals surface area contributed by atoms with Crippen LogP contribution >= 0.6 is 0 Å². The minimum atomic E-state index is -0.382. The van der Waals surface area contributed by atoms with Gasteiger partial charge in [0, 0.05) is 38.0 Å². The zero-order valence-electron chi connectivity index (χ0n) is 19.3. The van der Waals surface area contributed by atoms with Crippen LogP contribution in [0.5, 0.6) is 11.5 Å². The largest absolute Gasteiger partial charge is 0.497 e. The predicted molar refractivity (Wildman–Crippen MR) is 126 cm³/mol. The van der Waals surface area contributed by atoms with E-state index in [1.165, 1.54) is 0 Å². The highest BCUT2D eigenvalue weighted by Crippen LogP contribution is 2.33. The number of morpholine rings is 1. The number of carbonyl (C=O) groups is 1. The number of hydrogen-bond acceptors (Lipinski definition) is 7. The van der Waals surface area contributed by atoms with Crippen molar-refractivity contribution in [1.82, 2.24) is 14.9 Å². The summed E-state index contributed by atoms with van der Waals surface area (Å²) < 4.78 is 16.7. The van der Waals surface area contributed by atoms with Gasteiger partial charge in [-0.2, -0.15) is 0 Å². The summed E-state index contributed by atoms with van der Waals surface area (Å²) in [4.78, 5) is 26.2. The van der Waals surface area contributed by atoms with Crippen LogP contribution in [0.4, 0.5) is 5.95 Å². The number of benzene rings is 2. The Morgan fingerprint density at radius 3 is 2.55 bits per heavy atom. The molecule has 1 fully saturated rings. The summed E-state index contributed by atoms with van der Waals surface area (Å²) >= 11 is 0. The molecule has 1 aliphatic rings. The third kappa shape index (κ3) is 4.90. The molecule has 0 bridgehead atoms. The molecule has 0 aliphatic carbocycles. The molecular weight excluding hydrogens is 420 g/mol. The van der Waals surface area contributed by atoms with Crippen molar-refractivity contribution >= 4 is 11.9 Å². The Balaban J connectivity index is 1.66. The van der Waals surface area contributed by atoms with Crippen molar-refractivity contribution in [3.8, 4) is 22.6 Å². The quantitative estimate of drug-likeness (QED) is 0.572. The zero-order valence-corrected chi connectivity index (χ0v) is 19.3. The van der Waals surface area contributed by atoms with E-state index in [-0.39, 0.29) is 12.0 Å². The molecule has 1 atom stereocenters. The van der Waals surface area contributed by atoms with Crippen molar-refractivity contribution in [1.29, 1.82) is 0 Å². The molecule has 0 saturated carbocycles. The van der Waals surface area contributed by atoms with Gasteiger partial charge in [-0.1, -0.05) is 18.2 Å². The van der Waals surface area contributed by atoms with Crippen LogP contribution in [0.2, 0.25) is 0 Å². The summed E-state index contributed by atoms with van der Waals surface area (Å²) in [7, 11) is 7.02. The Bertz CT molecular complexity index is 1120. The smallest absolute Gasteiger partial charge is 0.254 e. The van der Waals surface area contributed by atoms with Crippen LogP contribution in [-0.2, 0) is 4.74 Å². The Morgan fingerprint density at radius 1 is 1.09 bits per heavy atom. The number of aromatic nitrogens is 2. The Hall–Kier alpha value is -3.65. The normalized spacial score (nSPS) is 15.8. The maximum absolute atomic E-state index is 13.2. The van der Waals surface area contributed by atoms with Crippen molar-refractivity contribution in [2.75, 3.05) is 52.9 Å². The first-order chi connectivity index (χ1) is 16.0. The molecule has 3 aromatic rings. The average molecular weight is 449 g/mol. The van der Waals surface area contributed by atoms with E-state index in [0.29, 0.717) is 37.0 Å². The second-order valence-electron chi connectivity index (χ2n) is 7.93. The number of amides is 1. The van der Waals surface area contributed by atoms with Crippen molar-refractivity contribution in [3.05, 3.63) is 66.0 Å². The van der Waals surface area contributed by atoms with Gasteiger partial charge in [-0.25, -0.2) is 9.97 Å². The van der Waals surface area contributed by atoms with Gasteiger partial charge in [0.25, 0.3) is 5.91 Å². The number of methoxy groups -OCH3 is 2. The lowest BCUT2D eigenvalue weighted by molar-refractivity contribution is -0.0244. The van der Waals surface area contributed by atoms with E-state index in [1.54, 1.807) is 31.3 Å². The van der Waals surface area contributed by atoms with Gasteiger partial charge in [0.05, 0.1) is 33.1 Å². The van der Waals surface area contributed by atoms with Gasteiger partial charge in [0.15, 0.2) is 0 Å². The molecule has 8 heteroatoms. The van der Waals surface area contributed by atoms with E-state index in [0.717, 1.165) is 22.6 Å². The van der Waals surface area contributed by atoms with Crippen molar-refractivity contribution in [3.63, 3.8) is 0 Å². The first-order valence-corrected chi connectivity index (χ1v) is 10.7. The van der Waals surface area contributed by atoms with E-state index in [9.17, 15) is 4.79 Å². The molecule has 1 aliphatic heterocycles. The van der Waals surface area contributed by atoms with Gasteiger partial charge >= 0.3 is 0 Å². The van der Waals surface area contributed by atoms with Crippen LogP contribution in [0.1, 0.15) is 22.2 Å². The van der Waals surface area contributed by atoms with Crippen molar-refractivity contribution < 1.29 is 19.0 Å². The van der Waals surface area contributed by atoms with Crippen LogP contribution in [0.25, 0.3) is 11.1 Å². The van der Waals surface area contributed by atoms with Gasteiger partial charge in [0.2, 0.25) is 5.95 Å². The topological polar surface area (TPSA) is 77.0 Å². The highest BCUT2D eigenvalue weighted by molar-refractivity contribution is 5.94. The molecule has 1 saturated heterocycles. The monoisotopic (exact) mass is 448 g/mol. The lowest BCUT2D eigenvalue weighted by atomic mass is 10.0. The van der Waals surface area contributed by atoms with Gasteiger partial charge in [-0.15, -0.1) is 0 Å². The van der Waals surface area contributed by atoms with Gasteiger partial charge in [-0.05, 0) is 35.9 Å². The van der Waals surface area contributed by atoms with Crippen molar-refractivity contribution in [2.45, 2.75) is 6.10 Å². The molecule has 8 nitrogen and oxygen atoms in total. The molecule has 172 valence electrons. The maximum Gasteiger partial charge on any atom is 0.254 e. The number of ether oxygens (including phenoxy) is 3. The van der Waals surface area contributed by atoms with E-state index in [1.807, 2.05) is 61.6 Å². The van der Waals surface area contributed by atoms with E-state index >= 15 is 0 Å². The van der Waals surface area contributed by atoms with Gasteiger partial charge < -0.3 is 24.0 Å². The summed E-state index contributed by atoms with van der Waals surface area (Å²) in [6.45, 7) is 1.32. The molecule has 33 heavy (non-hydrogen) atoms. The summed E-state index contributed by atoms with van der Waals surface area (Å²) in [5.74, 6) is 1.95. The van der Waals surface area contributed by atoms with Crippen LogP contribution in [0, 0.1) is 0 Å². The molecule has 0 N–H and O–H groups in total. The number of carbonyl (C=O) groups excluding carboxylic acids is 1. The summed E-state index contributed by atoms with van der Waals surface area (Å²) in [5, 5.41) is 0. The molecule has 0 spiro atoms. The molecular formula is C25H28N4O4. The lowest BCUT2D eigenvalue weighted by Gasteiger charge is -2.33. The molecule has 4 rings (SSSR count). The number of rotatable bonds is 6. The summed E-state index contributed by atoms with van der Waals surface area (Å²) in [6.07, 6.45) is 1.43. The second-order valence-corrected chi connectivity index (χ2v) is 7.93. The SMILES string of the molecule is COc1ccc(-c2cnc(N(C)C)nc2C2CN(C(=O)c3cccc(OC)c3)CCO2)cc1. The number of nitrogens with zero attached hydrogens (tertiary/aromatic N) is 4. The minimum Gasteiger partial charge on any atom is -0.497 e. The minimum absolute atomic E-state index is 0.0601. The Morgan fingerprint density at radius 2 is 1.85 bits per heavy atom. The number of anilines is 1. The maximum atomic E-state index is 13.2. The van der Waals surface area contributed by atoms with Gasteiger partial charge in [-0.3, -0.25) is 4.79 Å². The third-order valence-electron chi connectivity index (χ3n) is 5.58. The molecule has 0 radical (unpaired) electrons. The van der Waals surface area contributed by atoms with Crippen molar-refractivity contribution in [2.24, 2.45) is 0 Å². The first-order valence-electron chi connectivity index (χ1n) is 10.7. The fraction of sp³-hybridized carbons (Fsp3) is 0.320. The predicted octanol–water partition coefficient (Wildman–Crippen LogP) is 3.44. The van der Waals surface area contributed by atoms with Crippen LogP contribution in [0.15, 0.2) is 54.7 Å². The average Bonchev–Trinajstić information content (AvgIpc) is 2.88. The standard InChI is InChI=1S/C25H28N4O4/c1-28(2)25-26-15-21(17-8-10-19(31-3)11-9-17)23(27-25)22-16-29(12-13-33-22)24(30)18-6-5-7-20(14-18)32-4/h5-11,14-15,22H,12-13,16H2,1-4H3. The molecule has 1 unspecified atom stereocenters. The van der Waals surface area contributed by atoms with E-state index in [4.69, 9.17) is 19.2 Å². The van der Waals surface area contributed by atoms with Gasteiger partial charge in [0.1, 0.15) is 17.6 Å². The molecule has 1 aromatic heterocycles. The Labute approximate surface area is 193 Å². The highest BCUT2D eigenvalue weighted by atomic mass is 16.5. The summed E-state index contributed by atoms with van der Waals surface area (Å²) in [6, 6.07) is 14.9. The summed E-state index contributed by atoms with van der Waals surface area (Å²) in [5.41, 5.74) is 3.16. The van der Waals surface area contributed by atoms with E-state index < -0.39 is 0 Å². The highest BCUT2D eigenvalue weighted by Gasteiger charge is 2.30. The fourth-order valence-corrected chi connectivity index (χ4v) is 3.78. The lowest BCUT2D eigenvalue weighted by Crippen LogP contribution is -2.42. The first kappa shape index (κ1) is 22.5. The third-order valence-corrected chi connectivity index (χ3v) is 5.58. The number of hydrogen-bond donors (Lipinski definition) is 0. The van der Waals surface area contributed by atoms with Crippen LogP contribution in [0.3, 0.4) is 0 Å². The Kier molecular flexibility index (Phi) is 6.74. The van der Waals surface area contributed by atoms with Crippen LogP contribution in [-0.4, -0.2) is 68.8 Å². The molecule has 2 aromatic carbocycles. The van der Waals surface area contributed by atoms with Crippen LogP contribution < -0.4 is 14.4 Å². The second kappa shape index (κ2) is 9.87. The van der Waals surface area contributed by atoms with E-state index in [2.05, 4.69) is 4.98 Å². The molecule has 1 amide bonds. The fourth-order valence-electron chi connectivity index (χ4n) is 3.78.